The molecule has 2 N–H and O–H groups in total. The molecule has 1 aromatic rings. The summed E-state index contributed by atoms with van der Waals surface area (Å²) >= 11 is 0. The zero-order valence-corrected chi connectivity index (χ0v) is 15.0. The second-order valence-corrected chi connectivity index (χ2v) is 7.16. The summed E-state index contributed by atoms with van der Waals surface area (Å²) < 4.78 is 13.0. The van der Waals surface area contributed by atoms with Crippen LogP contribution in [0.3, 0.4) is 0 Å². The smallest absolute Gasteiger partial charge is 0.315 e. The number of benzene rings is 1. The molecule has 2 aliphatic rings. The predicted molar refractivity (Wildman–Crippen MR) is 98.4 cm³/mol. The van der Waals surface area contributed by atoms with Crippen LogP contribution in [0.4, 0.5) is 14.9 Å². The second-order valence-electron chi connectivity index (χ2n) is 7.16. The molecule has 2 saturated heterocycles. The van der Waals surface area contributed by atoms with Crippen molar-refractivity contribution < 1.29 is 9.18 Å². The lowest BCUT2D eigenvalue weighted by atomic mass is 10.1. The molecule has 5 nitrogen and oxygen atoms in total. The molecule has 0 spiro atoms. The van der Waals surface area contributed by atoms with Crippen LogP contribution in [0.2, 0.25) is 0 Å². The Morgan fingerprint density at radius 3 is 2.76 bits per heavy atom. The van der Waals surface area contributed by atoms with Crippen LogP contribution in [0.25, 0.3) is 0 Å². The summed E-state index contributed by atoms with van der Waals surface area (Å²) in [5.41, 5.74) is 1.05. The summed E-state index contributed by atoms with van der Waals surface area (Å²) in [6, 6.07) is 6.84. The minimum Gasteiger partial charge on any atom is -0.371 e. The van der Waals surface area contributed by atoms with Gasteiger partial charge in [0.2, 0.25) is 0 Å². The maximum Gasteiger partial charge on any atom is 0.315 e. The van der Waals surface area contributed by atoms with Gasteiger partial charge in [-0.2, -0.15) is 0 Å². The maximum atomic E-state index is 13.0. The molecule has 138 valence electrons. The van der Waals surface area contributed by atoms with E-state index < -0.39 is 0 Å². The monoisotopic (exact) mass is 348 g/mol. The van der Waals surface area contributed by atoms with Crippen LogP contribution in [0.1, 0.15) is 26.2 Å². The number of nitrogens with one attached hydrogen (secondary N) is 2. The standard InChI is InChI=1S/C19H29FN4O/c1-2-23-10-3-4-17(14-23)22-19(25)21-12-15-9-11-24(13-15)18-7-5-16(20)6-8-18/h5-8,15,17H,2-4,9-14H2,1H3,(H2,21,22,25)/t15-,17-/m0/s1. The van der Waals surface area contributed by atoms with Gasteiger partial charge in [-0.3, -0.25) is 0 Å². The van der Waals surface area contributed by atoms with E-state index in [0.717, 1.165) is 57.7 Å². The third-order valence-corrected chi connectivity index (χ3v) is 5.32. The molecule has 0 unspecified atom stereocenters. The number of rotatable bonds is 5. The molecular formula is C19H29FN4O. The molecule has 1 aromatic carbocycles. The highest BCUT2D eigenvalue weighted by molar-refractivity contribution is 5.74. The summed E-state index contributed by atoms with van der Waals surface area (Å²) in [4.78, 5) is 16.8. The van der Waals surface area contributed by atoms with Gasteiger partial charge < -0.3 is 20.4 Å². The summed E-state index contributed by atoms with van der Waals surface area (Å²) in [5.74, 6) is 0.233. The van der Waals surface area contributed by atoms with Crippen LogP contribution < -0.4 is 15.5 Å². The van der Waals surface area contributed by atoms with Gasteiger partial charge in [0.15, 0.2) is 0 Å². The van der Waals surface area contributed by atoms with E-state index >= 15 is 0 Å². The molecule has 0 aromatic heterocycles. The number of likely N-dealkylation sites (tertiary alicyclic amines) is 1. The number of nitrogens with zero attached hydrogens (tertiary/aromatic N) is 2. The molecule has 3 rings (SSSR count). The van der Waals surface area contributed by atoms with Crippen LogP contribution in [0, 0.1) is 11.7 Å². The van der Waals surface area contributed by atoms with Crippen molar-refractivity contribution in [1.29, 1.82) is 0 Å². The third kappa shape index (κ3) is 5.08. The van der Waals surface area contributed by atoms with E-state index in [1.165, 1.54) is 12.1 Å². The van der Waals surface area contributed by atoms with Gasteiger partial charge in [-0.25, -0.2) is 9.18 Å². The van der Waals surface area contributed by atoms with Gasteiger partial charge >= 0.3 is 6.03 Å². The SMILES string of the molecule is CCN1CCC[C@H](NC(=O)NC[C@@H]2CCN(c3ccc(F)cc3)C2)C1. The number of carbonyl (C=O) groups excluding carboxylic acids is 1. The second kappa shape index (κ2) is 8.52. The lowest BCUT2D eigenvalue weighted by molar-refractivity contribution is 0.192. The van der Waals surface area contributed by atoms with Crippen LogP contribution in [-0.4, -0.2) is 56.2 Å². The topological polar surface area (TPSA) is 47.6 Å². The quantitative estimate of drug-likeness (QED) is 0.859. The molecule has 2 atom stereocenters. The van der Waals surface area contributed by atoms with Crippen molar-refractivity contribution >= 4 is 11.7 Å². The molecule has 2 fully saturated rings. The highest BCUT2D eigenvalue weighted by Gasteiger charge is 2.24. The van der Waals surface area contributed by atoms with Crippen molar-refractivity contribution in [2.45, 2.75) is 32.2 Å². The zero-order valence-electron chi connectivity index (χ0n) is 15.0. The van der Waals surface area contributed by atoms with Gasteiger partial charge in [-0.05, 0) is 62.5 Å². The average molecular weight is 348 g/mol. The summed E-state index contributed by atoms with van der Waals surface area (Å²) in [7, 11) is 0. The van der Waals surface area contributed by atoms with E-state index in [1.807, 2.05) is 12.1 Å². The Balaban J connectivity index is 1.39. The number of carbonyl (C=O) groups is 1. The fourth-order valence-corrected chi connectivity index (χ4v) is 3.82. The Morgan fingerprint density at radius 1 is 1.20 bits per heavy atom. The Hall–Kier alpha value is -1.82. The highest BCUT2D eigenvalue weighted by atomic mass is 19.1. The van der Waals surface area contributed by atoms with Crippen LogP contribution >= 0.6 is 0 Å². The highest BCUT2D eigenvalue weighted by Crippen LogP contribution is 2.23. The molecule has 0 radical (unpaired) electrons. The van der Waals surface area contributed by atoms with Crippen LogP contribution in [0.15, 0.2) is 24.3 Å². The van der Waals surface area contributed by atoms with Gasteiger partial charge in [0.25, 0.3) is 0 Å². The van der Waals surface area contributed by atoms with Crippen molar-refractivity contribution in [3.8, 4) is 0 Å². The number of likely N-dealkylation sites (N-methyl/N-ethyl adjacent to an activating group) is 1. The average Bonchev–Trinajstić information content (AvgIpc) is 3.10. The summed E-state index contributed by atoms with van der Waals surface area (Å²) in [6.07, 6.45) is 3.25. The number of halogens is 1. The van der Waals surface area contributed by atoms with Crippen molar-refractivity contribution in [1.82, 2.24) is 15.5 Å². The van der Waals surface area contributed by atoms with Gasteiger partial charge in [-0.15, -0.1) is 0 Å². The lowest BCUT2D eigenvalue weighted by Crippen LogP contribution is -2.51. The number of anilines is 1. The first-order chi connectivity index (χ1) is 12.1. The Labute approximate surface area is 149 Å². The molecule has 2 heterocycles. The van der Waals surface area contributed by atoms with E-state index in [9.17, 15) is 9.18 Å². The number of piperidine rings is 1. The molecule has 25 heavy (non-hydrogen) atoms. The Kier molecular flexibility index (Phi) is 6.13. The minimum atomic E-state index is -0.206. The van der Waals surface area contributed by atoms with Crippen molar-refractivity contribution in [3.63, 3.8) is 0 Å². The third-order valence-electron chi connectivity index (χ3n) is 5.32. The first-order valence-corrected chi connectivity index (χ1v) is 9.41. The van der Waals surface area contributed by atoms with Crippen molar-refractivity contribution in [2.75, 3.05) is 44.2 Å². The van der Waals surface area contributed by atoms with Gasteiger partial charge in [0.1, 0.15) is 5.82 Å². The van der Waals surface area contributed by atoms with E-state index in [2.05, 4.69) is 27.4 Å². The largest absolute Gasteiger partial charge is 0.371 e. The molecular weight excluding hydrogens is 319 g/mol. The maximum absolute atomic E-state index is 13.0. The zero-order chi connectivity index (χ0) is 17.6. The normalized spacial score (nSPS) is 24.3. The fourth-order valence-electron chi connectivity index (χ4n) is 3.82. The van der Waals surface area contributed by atoms with E-state index in [1.54, 1.807) is 0 Å². The molecule has 0 aliphatic carbocycles. The molecule has 0 bridgehead atoms. The summed E-state index contributed by atoms with van der Waals surface area (Å²) in [6.45, 7) is 7.83. The van der Waals surface area contributed by atoms with E-state index in [0.29, 0.717) is 12.5 Å². The Bertz CT molecular complexity index is 565. The van der Waals surface area contributed by atoms with E-state index in [-0.39, 0.29) is 17.9 Å². The van der Waals surface area contributed by atoms with E-state index in [4.69, 9.17) is 0 Å². The first kappa shape index (κ1) is 18.0. The fraction of sp³-hybridized carbons (Fsp3) is 0.632. The van der Waals surface area contributed by atoms with Gasteiger partial charge in [0.05, 0.1) is 0 Å². The minimum absolute atomic E-state index is 0.0526. The van der Waals surface area contributed by atoms with Gasteiger partial charge in [-0.1, -0.05) is 6.92 Å². The molecule has 6 heteroatoms. The summed E-state index contributed by atoms with van der Waals surface area (Å²) in [5, 5.41) is 6.14. The number of urea groups is 1. The Morgan fingerprint density at radius 2 is 2.00 bits per heavy atom. The molecule has 2 aliphatic heterocycles. The van der Waals surface area contributed by atoms with Crippen molar-refractivity contribution in [3.05, 3.63) is 30.1 Å². The molecule has 0 saturated carbocycles. The van der Waals surface area contributed by atoms with Crippen molar-refractivity contribution in [2.24, 2.45) is 5.92 Å². The van der Waals surface area contributed by atoms with Crippen LogP contribution in [-0.2, 0) is 0 Å². The number of hydrogen-bond acceptors (Lipinski definition) is 3. The number of hydrogen-bond donors (Lipinski definition) is 2. The molecule has 2 amide bonds. The first-order valence-electron chi connectivity index (χ1n) is 9.41. The van der Waals surface area contributed by atoms with Crippen LogP contribution in [0.5, 0.6) is 0 Å². The lowest BCUT2D eigenvalue weighted by Gasteiger charge is -2.32. The predicted octanol–water partition coefficient (Wildman–Crippen LogP) is 2.44. The van der Waals surface area contributed by atoms with Gasteiger partial charge in [0, 0.05) is 37.9 Å². The number of amides is 2.